The summed E-state index contributed by atoms with van der Waals surface area (Å²) in [5.74, 6) is -0.378. The number of hydrogen-bond donors (Lipinski definition) is 3. The summed E-state index contributed by atoms with van der Waals surface area (Å²) in [6, 6.07) is 30.8. The number of anilines is 2. The number of nitrogens with one attached hydrogen (secondary N) is 3. The number of urea groups is 1. The average Bonchev–Trinajstić information content (AvgIpc) is 2.89. The van der Waals surface area contributed by atoms with E-state index in [0.29, 0.717) is 28.9 Å². The maximum Gasteiger partial charge on any atom is 0.319 e. The summed E-state index contributed by atoms with van der Waals surface area (Å²) in [5.41, 5.74) is 3.33. The first-order chi connectivity index (χ1) is 17.8. The molecule has 0 aliphatic heterocycles. The Bertz CT molecular complexity index is 1470. The predicted molar refractivity (Wildman–Crippen MR) is 146 cm³/mol. The minimum Gasteiger partial charge on any atom is -0.326 e. The van der Waals surface area contributed by atoms with Crippen LogP contribution in [0.5, 0.6) is 0 Å². The van der Waals surface area contributed by atoms with Crippen LogP contribution in [0.25, 0.3) is 11.1 Å². The Labute approximate surface area is 216 Å². The SMILES string of the molecule is CS(=O)(=O)c1ccccc1-c1ccc(NC(=O)[C@@H](Cc2ccccc2)NC(=O)Nc2ccccc2)cc1. The van der Waals surface area contributed by atoms with Gasteiger partial charge in [-0.25, -0.2) is 13.2 Å². The molecule has 37 heavy (non-hydrogen) atoms. The van der Waals surface area contributed by atoms with Gasteiger partial charge in [0.2, 0.25) is 5.91 Å². The Morgan fingerprint density at radius 1 is 0.703 bits per heavy atom. The van der Waals surface area contributed by atoms with E-state index < -0.39 is 21.9 Å². The molecule has 0 bridgehead atoms. The molecule has 7 nitrogen and oxygen atoms in total. The summed E-state index contributed by atoms with van der Waals surface area (Å²) in [7, 11) is -3.40. The molecular weight excluding hydrogens is 486 g/mol. The van der Waals surface area contributed by atoms with Gasteiger partial charge in [-0.2, -0.15) is 0 Å². The standard InChI is InChI=1S/C29H27N3O4S/c1-37(35,36)27-15-9-8-14-25(27)22-16-18-24(19-17-22)30-28(33)26(20-21-10-4-2-5-11-21)32-29(34)31-23-12-6-3-7-13-23/h2-19,26H,20H2,1H3,(H,30,33)(H2,31,32,34)/t26-/m1/s1. The highest BCUT2D eigenvalue weighted by atomic mass is 32.2. The fraction of sp³-hybridized carbons (Fsp3) is 0.103. The van der Waals surface area contributed by atoms with Crippen molar-refractivity contribution in [3.8, 4) is 11.1 Å². The van der Waals surface area contributed by atoms with Crippen LogP contribution >= 0.6 is 0 Å². The quantitative estimate of drug-likeness (QED) is 0.304. The lowest BCUT2D eigenvalue weighted by atomic mass is 10.0. The van der Waals surface area contributed by atoms with Crippen molar-refractivity contribution in [2.75, 3.05) is 16.9 Å². The van der Waals surface area contributed by atoms with Crippen LogP contribution in [-0.2, 0) is 21.1 Å². The summed E-state index contributed by atoms with van der Waals surface area (Å²) >= 11 is 0. The van der Waals surface area contributed by atoms with Crippen LogP contribution < -0.4 is 16.0 Å². The molecule has 3 amide bonds. The first-order valence-corrected chi connectivity index (χ1v) is 13.6. The molecule has 0 spiro atoms. The van der Waals surface area contributed by atoms with Crippen molar-refractivity contribution >= 4 is 33.2 Å². The first-order valence-electron chi connectivity index (χ1n) is 11.7. The van der Waals surface area contributed by atoms with Crippen LogP contribution in [0.4, 0.5) is 16.2 Å². The number of para-hydroxylation sites is 1. The Balaban J connectivity index is 1.50. The lowest BCUT2D eigenvalue weighted by Gasteiger charge is -2.19. The van der Waals surface area contributed by atoms with Crippen molar-refractivity contribution in [1.82, 2.24) is 5.32 Å². The molecule has 0 unspecified atom stereocenters. The molecule has 4 aromatic carbocycles. The lowest BCUT2D eigenvalue weighted by Crippen LogP contribution is -2.46. The zero-order valence-corrected chi connectivity index (χ0v) is 21.0. The van der Waals surface area contributed by atoms with Crippen molar-refractivity contribution in [2.24, 2.45) is 0 Å². The highest BCUT2D eigenvalue weighted by Crippen LogP contribution is 2.28. The third kappa shape index (κ3) is 7.05. The number of benzene rings is 4. The fourth-order valence-electron chi connectivity index (χ4n) is 3.90. The van der Waals surface area contributed by atoms with Crippen molar-refractivity contribution < 1.29 is 18.0 Å². The van der Waals surface area contributed by atoms with Crippen LogP contribution in [0.15, 0.2) is 114 Å². The van der Waals surface area contributed by atoms with E-state index in [0.717, 1.165) is 5.56 Å². The van der Waals surface area contributed by atoms with Crippen LogP contribution in [0.3, 0.4) is 0 Å². The maximum absolute atomic E-state index is 13.2. The zero-order valence-electron chi connectivity index (χ0n) is 20.2. The smallest absolute Gasteiger partial charge is 0.319 e. The van der Waals surface area contributed by atoms with Gasteiger partial charge in [0.25, 0.3) is 0 Å². The highest BCUT2D eigenvalue weighted by Gasteiger charge is 2.22. The molecule has 0 aliphatic carbocycles. The summed E-state index contributed by atoms with van der Waals surface area (Å²) in [6.07, 6.45) is 1.48. The van der Waals surface area contributed by atoms with Crippen molar-refractivity contribution in [2.45, 2.75) is 17.4 Å². The van der Waals surface area contributed by atoms with Gasteiger partial charge in [-0.1, -0.05) is 78.9 Å². The minimum absolute atomic E-state index is 0.239. The fourth-order valence-corrected chi connectivity index (χ4v) is 4.81. The summed E-state index contributed by atoms with van der Waals surface area (Å²) in [4.78, 5) is 26.1. The van der Waals surface area contributed by atoms with Crippen LogP contribution in [0.1, 0.15) is 5.56 Å². The second-order valence-electron chi connectivity index (χ2n) is 8.54. The topological polar surface area (TPSA) is 104 Å². The predicted octanol–water partition coefficient (Wildman–Crippen LogP) is 5.13. The van der Waals surface area contributed by atoms with E-state index in [4.69, 9.17) is 0 Å². The average molecular weight is 514 g/mol. The normalized spacial score (nSPS) is 11.8. The third-order valence-electron chi connectivity index (χ3n) is 5.69. The first kappa shape index (κ1) is 25.7. The van der Waals surface area contributed by atoms with Gasteiger partial charge in [0.15, 0.2) is 9.84 Å². The summed E-state index contributed by atoms with van der Waals surface area (Å²) in [6.45, 7) is 0. The molecule has 0 saturated heterocycles. The van der Waals surface area contributed by atoms with E-state index in [9.17, 15) is 18.0 Å². The molecule has 188 valence electrons. The molecule has 0 saturated carbocycles. The van der Waals surface area contributed by atoms with Gasteiger partial charge in [0.1, 0.15) is 6.04 Å². The van der Waals surface area contributed by atoms with Gasteiger partial charge in [-0.3, -0.25) is 4.79 Å². The number of rotatable bonds is 8. The van der Waals surface area contributed by atoms with Crippen molar-refractivity contribution in [1.29, 1.82) is 0 Å². The van der Waals surface area contributed by atoms with Gasteiger partial charge < -0.3 is 16.0 Å². The van der Waals surface area contributed by atoms with Crippen molar-refractivity contribution in [3.05, 3.63) is 115 Å². The molecule has 0 aromatic heterocycles. The van der Waals surface area contributed by atoms with Gasteiger partial charge >= 0.3 is 6.03 Å². The van der Waals surface area contributed by atoms with Crippen LogP contribution in [-0.4, -0.2) is 32.7 Å². The molecule has 0 fully saturated rings. The summed E-state index contributed by atoms with van der Waals surface area (Å²) in [5, 5.41) is 8.36. The monoisotopic (exact) mass is 513 g/mol. The maximum atomic E-state index is 13.2. The number of sulfone groups is 1. The second kappa shape index (κ2) is 11.5. The zero-order chi connectivity index (χ0) is 26.3. The van der Waals surface area contributed by atoms with Gasteiger partial charge in [-0.15, -0.1) is 0 Å². The number of hydrogen-bond acceptors (Lipinski definition) is 4. The van der Waals surface area contributed by atoms with Crippen molar-refractivity contribution in [3.63, 3.8) is 0 Å². The molecule has 0 radical (unpaired) electrons. The molecular formula is C29H27N3O4S. The molecule has 0 heterocycles. The van der Waals surface area contributed by atoms with E-state index in [1.807, 2.05) is 48.5 Å². The van der Waals surface area contributed by atoms with E-state index in [2.05, 4.69) is 16.0 Å². The number of amides is 3. The summed E-state index contributed by atoms with van der Waals surface area (Å²) < 4.78 is 24.3. The second-order valence-corrected chi connectivity index (χ2v) is 10.5. The molecule has 0 aliphatic rings. The molecule has 4 rings (SSSR count). The molecule has 1 atom stereocenters. The Morgan fingerprint density at radius 3 is 1.92 bits per heavy atom. The van der Waals surface area contributed by atoms with Crippen LogP contribution in [0, 0.1) is 0 Å². The van der Waals surface area contributed by atoms with E-state index in [1.54, 1.807) is 60.7 Å². The van der Waals surface area contributed by atoms with Gasteiger partial charge in [0.05, 0.1) is 4.90 Å². The van der Waals surface area contributed by atoms with E-state index in [-0.39, 0.29) is 10.8 Å². The Kier molecular flexibility index (Phi) is 8.00. The van der Waals surface area contributed by atoms with Gasteiger partial charge in [0, 0.05) is 29.6 Å². The Morgan fingerprint density at radius 2 is 1.27 bits per heavy atom. The van der Waals surface area contributed by atoms with Crippen LogP contribution in [0.2, 0.25) is 0 Å². The largest absolute Gasteiger partial charge is 0.326 e. The van der Waals surface area contributed by atoms with E-state index in [1.165, 1.54) is 6.26 Å². The Hall–Kier alpha value is -4.43. The number of carbonyl (C=O) groups is 2. The third-order valence-corrected chi connectivity index (χ3v) is 6.84. The molecule has 4 aromatic rings. The molecule has 3 N–H and O–H groups in total. The lowest BCUT2D eigenvalue weighted by molar-refractivity contribution is -0.117. The highest BCUT2D eigenvalue weighted by molar-refractivity contribution is 7.90. The van der Waals surface area contributed by atoms with E-state index >= 15 is 0 Å². The number of carbonyl (C=O) groups excluding carboxylic acids is 2. The van der Waals surface area contributed by atoms with Gasteiger partial charge in [-0.05, 0) is 41.5 Å². The molecule has 8 heteroatoms. The minimum atomic E-state index is -3.40.